The van der Waals surface area contributed by atoms with E-state index in [1.54, 1.807) is 28.4 Å². The predicted octanol–water partition coefficient (Wildman–Crippen LogP) is 5.72. The van der Waals surface area contributed by atoms with Crippen LogP contribution in [0.3, 0.4) is 0 Å². The lowest BCUT2D eigenvalue weighted by Crippen LogP contribution is -2.41. The van der Waals surface area contributed by atoms with Gasteiger partial charge in [0.05, 0.1) is 41.1 Å². The summed E-state index contributed by atoms with van der Waals surface area (Å²) in [4.78, 5) is 0. The van der Waals surface area contributed by atoms with Crippen LogP contribution in [0.25, 0.3) is 0 Å². The smallest absolute Gasteiger partial charge is 0.497 e. The average molecular weight is 561 g/mol. The first kappa shape index (κ1) is 27.5. The molecule has 0 atom stereocenters. The molecular weight excluding hydrogens is 523 g/mol. The molecule has 0 bridgehead atoms. The largest absolute Gasteiger partial charge is 0.498 e. The van der Waals surface area contributed by atoms with Crippen LogP contribution in [0.4, 0.5) is 0 Å². The Bertz CT molecular complexity index is 1080. The molecule has 6 nitrogen and oxygen atoms in total. The van der Waals surface area contributed by atoms with Gasteiger partial charge in [0.1, 0.15) is 11.5 Å². The zero-order valence-corrected chi connectivity index (χ0v) is 24.3. The van der Waals surface area contributed by atoms with Crippen molar-refractivity contribution in [1.82, 2.24) is 0 Å². The van der Waals surface area contributed by atoms with Crippen molar-refractivity contribution < 1.29 is 28.3 Å². The summed E-state index contributed by atoms with van der Waals surface area (Å²) in [6.07, 6.45) is 4.33. The standard InChI is InChI=1S/C17H25BO4.C11H13BrO2/c1-15(2)16(3,4)22-18(21-15)13-8-7-12(11-14(13)19-5)17(20-6)9-10-17;1-13-10-7-8(3-4-9(10)12)11(14-2)5-6-11/h7-8,11H,9-10H2,1-6H3;3-4,7H,5-6H2,1-2H3. The van der Waals surface area contributed by atoms with E-state index < -0.39 is 7.12 Å². The fourth-order valence-electron chi connectivity index (χ4n) is 4.55. The second-order valence-electron chi connectivity index (χ2n) is 10.8. The van der Waals surface area contributed by atoms with Crippen molar-refractivity contribution in [3.05, 3.63) is 52.0 Å². The Kier molecular flexibility index (Phi) is 7.59. The summed E-state index contributed by atoms with van der Waals surface area (Å²) >= 11 is 3.43. The first-order valence-electron chi connectivity index (χ1n) is 12.4. The first-order valence-corrected chi connectivity index (χ1v) is 13.2. The Balaban J connectivity index is 0.000000187. The highest BCUT2D eigenvalue weighted by molar-refractivity contribution is 9.10. The normalized spacial score (nSPS) is 21.9. The Morgan fingerprint density at radius 1 is 0.694 bits per heavy atom. The maximum Gasteiger partial charge on any atom is 0.498 e. The van der Waals surface area contributed by atoms with Crippen molar-refractivity contribution in [2.75, 3.05) is 28.4 Å². The van der Waals surface area contributed by atoms with Crippen molar-refractivity contribution in [3.63, 3.8) is 0 Å². The van der Waals surface area contributed by atoms with E-state index in [-0.39, 0.29) is 22.4 Å². The van der Waals surface area contributed by atoms with Gasteiger partial charge in [-0.3, -0.25) is 0 Å². The van der Waals surface area contributed by atoms with Crippen LogP contribution in [-0.4, -0.2) is 46.8 Å². The molecule has 2 aromatic rings. The van der Waals surface area contributed by atoms with Crippen LogP contribution >= 0.6 is 15.9 Å². The maximum absolute atomic E-state index is 6.13. The second-order valence-corrected chi connectivity index (χ2v) is 11.6. The van der Waals surface area contributed by atoms with Gasteiger partial charge in [0, 0.05) is 19.7 Å². The molecule has 8 heteroatoms. The molecule has 2 aliphatic carbocycles. The molecule has 1 heterocycles. The van der Waals surface area contributed by atoms with Crippen molar-refractivity contribution >= 4 is 28.5 Å². The van der Waals surface area contributed by atoms with Crippen LogP contribution in [0.1, 0.15) is 64.5 Å². The van der Waals surface area contributed by atoms with E-state index in [4.69, 9.17) is 28.3 Å². The third-order valence-corrected chi connectivity index (χ3v) is 8.79. The molecule has 0 unspecified atom stereocenters. The fraction of sp³-hybridized carbons (Fsp3) is 0.571. The number of halogens is 1. The maximum atomic E-state index is 6.13. The zero-order chi connectivity index (χ0) is 26.4. The number of hydrogen-bond acceptors (Lipinski definition) is 6. The molecule has 0 aromatic heterocycles. The first-order chi connectivity index (χ1) is 17.0. The molecule has 0 radical (unpaired) electrons. The lowest BCUT2D eigenvalue weighted by atomic mass is 9.77. The third-order valence-electron chi connectivity index (χ3n) is 8.13. The summed E-state index contributed by atoms with van der Waals surface area (Å²) in [5.74, 6) is 1.66. The molecule has 0 amide bonds. The molecule has 196 valence electrons. The topological polar surface area (TPSA) is 55.4 Å². The van der Waals surface area contributed by atoms with E-state index in [1.807, 2.05) is 18.2 Å². The third kappa shape index (κ3) is 5.08. The number of methoxy groups -OCH3 is 4. The van der Waals surface area contributed by atoms with Crippen LogP contribution in [0.15, 0.2) is 40.9 Å². The van der Waals surface area contributed by atoms with Gasteiger partial charge < -0.3 is 28.3 Å². The molecule has 1 saturated heterocycles. The van der Waals surface area contributed by atoms with Crippen LogP contribution in [0, 0.1) is 0 Å². The van der Waals surface area contributed by atoms with Gasteiger partial charge >= 0.3 is 7.12 Å². The number of ether oxygens (including phenoxy) is 4. The monoisotopic (exact) mass is 560 g/mol. The summed E-state index contributed by atoms with van der Waals surface area (Å²) < 4.78 is 35.2. The van der Waals surface area contributed by atoms with E-state index >= 15 is 0 Å². The Labute approximate surface area is 224 Å². The molecule has 0 N–H and O–H groups in total. The lowest BCUT2D eigenvalue weighted by Gasteiger charge is -2.32. The molecule has 3 fully saturated rings. The van der Waals surface area contributed by atoms with Crippen molar-refractivity contribution in [1.29, 1.82) is 0 Å². The average Bonchev–Trinajstić information content (AvgIpc) is 3.78. The van der Waals surface area contributed by atoms with Crippen molar-refractivity contribution in [2.45, 2.75) is 75.8 Å². The molecule has 1 aliphatic heterocycles. The molecule has 0 spiro atoms. The highest BCUT2D eigenvalue weighted by Crippen LogP contribution is 2.50. The summed E-state index contributed by atoms with van der Waals surface area (Å²) in [6.45, 7) is 8.21. The zero-order valence-electron chi connectivity index (χ0n) is 22.7. The summed E-state index contributed by atoms with van der Waals surface area (Å²) in [7, 11) is 6.48. The highest BCUT2D eigenvalue weighted by atomic mass is 79.9. The molecule has 2 aromatic carbocycles. The van der Waals surface area contributed by atoms with Crippen LogP contribution in [0.2, 0.25) is 0 Å². The van der Waals surface area contributed by atoms with Gasteiger partial charge in [-0.1, -0.05) is 18.2 Å². The fourth-order valence-corrected chi connectivity index (χ4v) is 4.96. The molecule has 5 rings (SSSR count). The van der Waals surface area contributed by atoms with E-state index in [1.165, 1.54) is 5.56 Å². The van der Waals surface area contributed by atoms with Gasteiger partial charge in [0.15, 0.2) is 0 Å². The Morgan fingerprint density at radius 3 is 1.56 bits per heavy atom. The summed E-state index contributed by atoms with van der Waals surface area (Å²) in [6, 6.07) is 12.3. The van der Waals surface area contributed by atoms with Gasteiger partial charge in [-0.25, -0.2) is 0 Å². The van der Waals surface area contributed by atoms with Crippen molar-refractivity contribution in [3.8, 4) is 11.5 Å². The van der Waals surface area contributed by atoms with E-state index in [0.29, 0.717) is 0 Å². The van der Waals surface area contributed by atoms with Gasteiger partial charge in [0.2, 0.25) is 0 Å². The second kappa shape index (κ2) is 9.95. The minimum atomic E-state index is -0.410. The molecule has 3 aliphatic rings. The van der Waals surface area contributed by atoms with Crippen LogP contribution < -0.4 is 14.9 Å². The summed E-state index contributed by atoms with van der Waals surface area (Å²) in [5, 5.41) is 0. The van der Waals surface area contributed by atoms with Gasteiger partial charge in [0.25, 0.3) is 0 Å². The van der Waals surface area contributed by atoms with E-state index in [0.717, 1.165) is 52.7 Å². The predicted molar refractivity (Wildman–Crippen MR) is 145 cm³/mol. The highest BCUT2D eigenvalue weighted by Gasteiger charge is 2.53. The van der Waals surface area contributed by atoms with E-state index in [9.17, 15) is 0 Å². The van der Waals surface area contributed by atoms with Crippen LogP contribution in [-0.2, 0) is 30.0 Å². The van der Waals surface area contributed by atoms with Crippen LogP contribution in [0.5, 0.6) is 11.5 Å². The van der Waals surface area contributed by atoms with Gasteiger partial charge in [-0.15, -0.1) is 0 Å². The van der Waals surface area contributed by atoms with Gasteiger partial charge in [-0.2, -0.15) is 0 Å². The molecular formula is C28H38BBrO6. The number of benzene rings is 2. The minimum absolute atomic E-state index is 0.0337. The molecule has 2 saturated carbocycles. The minimum Gasteiger partial charge on any atom is -0.497 e. The summed E-state index contributed by atoms with van der Waals surface area (Å²) in [5.41, 5.74) is 2.43. The number of hydrogen-bond donors (Lipinski definition) is 0. The lowest BCUT2D eigenvalue weighted by molar-refractivity contribution is 0.00578. The Hall–Kier alpha value is -1.58. The quantitative estimate of drug-likeness (QED) is 0.403. The molecule has 36 heavy (non-hydrogen) atoms. The SMILES string of the molecule is COc1cc(C2(OC)CC2)ccc1B1OC(C)(C)C(C)(C)O1.COc1cc(C2(OC)CC2)ccc1Br. The van der Waals surface area contributed by atoms with Gasteiger partial charge in [-0.05, 0) is 98.6 Å². The Morgan fingerprint density at radius 2 is 1.14 bits per heavy atom. The van der Waals surface area contributed by atoms with Crippen molar-refractivity contribution in [2.24, 2.45) is 0 Å². The van der Waals surface area contributed by atoms with E-state index in [2.05, 4.69) is 61.8 Å². The number of rotatable bonds is 7.